The van der Waals surface area contributed by atoms with Gasteiger partial charge >= 0.3 is 0 Å². The third-order valence-electron chi connectivity index (χ3n) is 4.68. The molecule has 0 atom stereocenters. The molecule has 0 saturated carbocycles. The van der Waals surface area contributed by atoms with E-state index in [4.69, 9.17) is 4.74 Å². The molecule has 30 heavy (non-hydrogen) atoms. The molecule has 1 aromatic heterocycles. The van der Waals surface area contributed by atoms with E-state index in [2.05, 4.69) is 9.71 Å². The Bertz CT molecular complexity index is 1180. The summed E-state index contributed by atoms with van der Waals surface area (Å²) in [6.07, 6.45) is 0. The van der Waals surface area contributed by atoms with Crippen molar-refractivity contribution < 1.29 is 18.1 Å². The molecule has 3 rings (SSSR count). The molecule has 0 bridgehead atoms. The SMILES string of the molecule is Cc1nc(NS(=O)(=O)c2ccc([N+](=O)[O-])cc2)c(C)c(C)c1OCc1ccccc1. The van der Waals surface area contributed by atoms with E-state index < -0.39 is 14.9 Å². The lowest BCUT2D eigenvalue weighted by Gasteiger charge is -2.17. The number of aryl methyl sites for hydroxylation is 1. The van der Waals surface area contributed by atoms with E-state index in [0.29, 0.717) is 23.6 Å². The largest absolute Gasteiger partial charge is 0.487 e. The van der Waals surface area contributed by atoms with Gasteiger partial charge in [-0.05, 0) is 49.6 Å². The number of aromatic nitrogens is 1. The number of ether oxygens (including phenoxy) is 1. The molecule has 0 fully saturated rings. The summed E-state index contributed by atoms with van der Waals surface area (Å²) in [5, 5.41) is 10.8. The molecule has 0 spiro atoms. The standard InChI is InChI=1S/C21H21N3O5S/c1-14-15(2)21(22-16(3)20(14)29-13-17-7-5-4-6-8-17)23-30(27,28)19-11-9-18(10-12-19)24(25)26/h4-12H,13H2,1-3H3,(H,22,23). The number of hydrogen-bond donors (Lipinski definition) is 1. The first-order valence-corrected chi connectivity index (χ1v) is 10.6. The quantitative estimate of drug-likeness (QED) is 0.445. The van der Waals surface area contributed by atoms with Gasteiger partial charge in [0.05, 0.1) is 15.5 Å². The minimum atomic E-state index is -3.96. The number of non-ortho nitro benzene ring substituents is 1. The van der Waals surface area contributed by atoms with E-state index in [9.17, 15) is 18.5 Å². The smallest absolute Gasteiger partial charge is 0.269 e. The van der Waals surface area contributed by atoms with Gasteiger partial charge in [-0.2, -0.15) is 0 Å². The van der Waals surface area contributed by atoms with Gasteiger partial charge in [-0.15, -0.1) is 0 Å². The number of sulfonamides is 1. The number of benzene rings is 2. The third kappa shape index (κ3) is 4.57. The van der Waals surface area contributed by atoms with Gasteiger partial charge in [-0.25, -0.2) is 13.4 Å². The molecule has 0 radical (unpaired) electrons. The summed E-state index contributed by atoms with van der Waals surface area (Å²) in [4.78, 5) is 14.5. The summed E-state index contributed by atoms with van der Waals surface area (Å²) in [5.74, 6) is 0.796. The van der Waals surface area contributed by atoms with Gasteiger partial charge in [-0.3, -0.25) is 14.8 Å². The molecule has 0 amide bonds. The van der Waals surface area contributed by atoms with E-state index in [1.807, 2.05) is 37.3 Å². The minimum Gasteiger partial charge on any atom is -0.487 e. The highest BCUT2D eigenvalue weighted by Gasteiger charge is 2.20. The predicted molar refractivity (Wildman–Crippen MR) is 113 cm³/mol. The number of hydrogen-bond acceptors (Lipinski definition) is 6. The van der Waals surface area contributed by atoms with Crippen LogP contribution in [-0.4, -0.2) is 18.3 Å². The summed E-state index contributed by atoms with van der Waals surface area (Å²) < 4.78 is 33.8. The van der Waals surface area contributed by atoms with Crippen LogP contribution in [0.3, 0.4) is 0 Å². The van der Waals surface area contributed by atoms with Crippen molar-refractivity contribution >= 4 is 21.5 Å². The van der Waals surface area contributed by atoms with E-state index in [1.54, 1.807) is 13.8 Å². The highest BCUT2D eigenvalue weighted by atomic mass is 32.2. The molecule has 1 heterocycles. The van der Waals surface area contributed by atoms with Crippen molar-refractivity contribution in [1.82, 2.24) is 4.98 Å². The maximum atomic E-state index is 12.7. The minimum absolute atomic E-state index is 0.0889. The van der Waals surface area contributed by atoms with Crippen molar-refractivity contribution in [1.29, 1.82) is 0 Å². The Morgan fingerprint density at radius 3 is 2.23 bits per heavy atom. The second kappa shape index (κ2) is 8.50. The fourth-order valence-electron chi connectivity index (χ4n) is 2.90. The molecule has 0 unspecified atom stereocenters. The van der Waals surface area contributed by atoms with E-state index >= 15 is 0 Å². The maximum Gasteiger partial charge on any atom is 0.269 e. The summed E-state index contributed by atoms with van der Waals surface area (Å²) >= 11 is 0. The highest BCUT2D eigenvalue weighted by molar-refractivity contribution is 7.92. The zero-order chi connectivity index (χ0) is 21.9. The van der Waals surface area contributed by atoms with Gasteiger partial charge in [0, 0.05) is 12.1 Å². The van der Waals surface area contributed by atoms with Crippen molar-refractivity contribution in [2.24, 2.45) is 0 Å². The number of nitro benzene ring substituents is 1. The van der Waals surface area contributed by atoms with Gasteiger partial charge in [0.2, 0.25) is 0 Å². The topological polar surface area (TPSA) is 111 Å². The van der Waals surface area contributed by atoms with Crippen molar-refractivity contribution in [2.75, 3.05) is 4.72 Å². The Morgan fingerprint density at radius 1 is 1.00 bits per heavy atom. The van der Waals surface area contributed by atoms with Crippen LogP contribution in [0.15, 0.2) is 59.5 Å². The third-order valence-corrected chi connectivity index (χ3v) is 6.04. The number of nitro groups is 1. The Kier molecular flexibility index (Phi) is 6.02. The number of nitrogens with zero attached hydrogens (tertiary/aromatic N) is 2. The summed E-state index contributed by atoms with van der Waals surface area (Å²) in [5.41, 5.74) is 2.79. The van der Waals surface area contributed by atoms with Crippen molar-refractivity contribution in [2.45, 2.75) is 32.3 Å². The van der Waals surface area contributed by atoms with Crippen LogP contribution < -0.4 is 9.46 Å². The maximum absolute atomic E-state index is 12.7. The van der Waals surface area contributed by atoms with Gasteiger partial charge in [0.1, 0.15) is 18.2 Å². The number of pyridine rings is 1. The molecule has 1 N–H and O–H groups in total. The molecule has 156 valence electrons. The molecular weight excluding hydrogens is 406 g/mol. The lowest BCUT2D eigenvalue weighted by molar-refractivity contribution is -0.384. The zero-order valence-electron chi connectivity index (χ0n) is 16.7. The van der Waals surface area contributed by atoms with Crippen LogP contribution >= 0.6 is 0 Å². The van der Waals surface area contributed by atoms with Crippen LogP contribution in [0.2, 0.25) is 0 Å². The fourth-order valence-corrected chi connectivity index (χ4v) is 3.96. The Morgan fingerprint density at radius 2 is 1.63 bits per heavy atom. The molecule has 9 heteroatoms. The summed E-state index contributed by atoms with van der Waals surface area (Å²) in [7, 11) is -3.96. The van der Waals surface area contributed by atoms with Crippen LogP contribution in [0.4, 0.5) is 11.5 Å². The summed E-state index contributed by atoms with van der Waals surface area (Å²) in [6, 6.07) is 14.4. The second-order valence-corrected chi connectivity index (χ2v) is 8.44. The van der Waals surface area contributed by atoms with E-state index in [0.717, 1.165) is 23.3 Å². The second-order valence-electron chi connectivity index (χ2n) is 6.76. The van der Waals surface area contributed by atoms with Crippen LogP contribution in [0.5, 0.6) is 5.75 Å². The van der Waals surface area contributed by atoms with Crippen molar-refractivity contribution in [3.05, 3.63) is 87.1 Å². The Balaban J connectivity index is 1.85. The first kappa shape index (κ1) is 21.3. The lowest BCUT2D eigenvalue weighted by atomic mass is 10.1. The van der Waals surface area contributed by atoms with E-state index in [-0.39, 0.29) is 16.4 Å². The molecule has 0 aliphatic carbocycles. The molecule has 8 nitrogen and oxygen atoms in total. The molecular formula is C21H21N3O5S. The Hall–Kier alpha value is -3.46. The molecule has 3 aromatic rings. The van der Waals surface area contributed by atoms with Gasteiger partial charge < -0.3 is 4.74 Å². The zero-order valence-corrected chi connectivity index (χ0v) is 17.6. The van der Waals surface area contributed by atoms with Crippen LogP contribution in [0.25, 0.3) is 0 Å². The summed E-state index contributed by atoms with van der Waals surface area (Å²) in [6.45, 7) is 5.72. The van der Waals surface area contributed by atoms with Gasteiger partial charge in [0.15, 0.2) is 0 Å². The van der Waals surface area contributed by atoms with Crippen molar-refractivity contribution in [3.63, 3.8) is 0 Å². The number of anilines is 1. The van der Waals surface area contributed by atoms with Gasteiger partial charge in [-0.1, -0.05) is 30.3 Å². The average molecular weight is 427 g/mol. The number of rotatable bonds is 7. The fraction of sp³-hybridized carbons (Fsp3) is 0.190. The first-order valence-electron chi connectivity index (χ1n) is 9.11. The normalized spacial score (nSPS) is 11.2. The highest BCUT2D eigenvalue weighted by Crippen LogP contribution is 2.31. The van der Waals surface area contributed by atoms with Crippen molar-refractivity contribution in [3.8, 4) is 5.75 Å². The lowest BCUT2D eigenvalue weighted by Crippen LogP contribution is -2.16. The molecule has 0 aliphatic rings. The molecule has 2 aromatic carbocycles. The first-order chi connectivity index (χ1) is 14.2. The molecule has 0 saturated heterocycles. The van der Waals surface area contributed by atoms with Crippen LogP contribution in [0.1, 0.15) is 22.4 Å². The monoisotopic (exact) mass is 427 g/mol. The average Bonchev–Trinajstić information content (AvgIpc) is 2.72. The van der Waals surface area contributed by atoms with Gasteiger partial charge in [0.25, 0.3) is 15.7 Å². The predicted octanol–water partition coefficient (Wildman–Crippen LogP) is 4.29. The van der Waals surface area contributed by atoms with E-state index in [1.165, 1.54) is 12.1 Å². The molecule has 0 aliphatic heterocycles. The number of nitrogens with one attached hydrogen (secondary N) is 1. The van der Waals surface area contributed by atoms with Crippen LogP contribution in [-0.2, 0) is 16.6 Å². The Labute approximate surface area is 174 Å². The van der Waals surface area contributed by atoms with Crippen LogP contribution in [0, 0.1) is 30.9 Å².